The molecule has 2 heteroatoms. The molecule has 20 heavy (non-hydrogen) atoms. The Morgan fingerprint density at radius 2 is 1.90 bits per heavy atom. The molecule has 0 unspecified atom stereocenters. The molecule has 0 aromatic heterocycles. The number of hydrogen-bond acceptors (Lipinski definition) is 2. The van der Waals surface area contributed by atoms with Crippen molar-refractivity contribution in [2.45, 2.75) is 45.6 Å². The fourth-order valence-corrected chi connectivity index (χ4v) is 2.88. The monoisotopic (exact) mass is 274 g/mol. The van der Waals surface area contributed by atoms with Gasteiger partial charge >= 0.3 is 0 Å². The molecule has 0 radical (unpaired) electrons. The molecule has 0 N–H and O–H groups in total. The van der Waals surface area contributed by atoms with E-state index in [0.717, 1.165) is 6.54 Å². The first-order chi connectivity index (χ1) is 9.36. The standard InChI is InChI=1S/C18H30N2/c1-18(2,3)17-8-7-16-14-20(11-6-10-19(4)5)12-9-15(16)13-17/h7-8,13H,6,9-12,14H2,1-5H3. The molecule has 0 amide bonds. The van der Waals surface area contributed by atoms with Crippen LogP contribution in [0.4, 0.5) is 0 Å². The van der Waals surface area contributed by atoms with Gasteiger partial charge in [0.1, 0.15) is 0 Å². The van der Waals surface area contributed by atoms with E-state index in [0.29, 0.717) is 0 Å². The van der Waals surface area contributed by atoms with E-state index in [1.54, 1.807) is 5.56 Å². The molecule has 1 aromatic carbocycles. The zero-order valence-electron chi connectivity index (χ0n) is 13.9. The van der Waals surface area contributed by atoms with E-state index in [-0.39, 0.29) is 5.41 Å². The minimum absolute atomic E-state index is 0.262. The average molecular weight is 274 g/mol. The van der Waals surface area contributed by atoms with Gasteiger partial charge in [-0.3, -0.25) is 4.90 Å². The van der Waals surface area contributed by atoms with Crippen molar-refractivity contribution in [2.24, 2.45) is 0 Å². The van der Waals surface area contributed by atoms with E-state index in [1.807, 2.05) is 0 Å². The van der Waals surface area contributed by atoms with Gasteiger partial charge in [0.2, 0.25) is 0 Å². The van der Waals surface area contributed by atoms with E-state index < -0.39 is 0 Å². The molecule has 2 nitrogen and oxygen atoms in total. The minimum atomic E-state index is 0.262. The van der Waals surface area contributed by atoms with Gasteiger partial charge in [-0.1, -0.05) is 39.0 Å². The van der Waals surface area contributed by atoms with Crippen molar-refractivity contribution in [1.82, 2.24) is 9.80 Å². The van der Waals surface area contributed by atoms with Crippen LogP contribution in [0, 0.1) is 0 Å². The van der Waals surface area contributed by atoms with E-state index in [9.17, 15) is 0 Å². The Balaban J connectivity index is 1.97. The van der Waals surface area contributed by atoms with E-state index in [2.05, 4.69) is 62.9 Å². The number of rotatable bonds is 4. The maximum atomic E-state index is 2.60. The predicted octanol–water partition coefficient (Wildman–Crippen LogP) is 3.29. The molecule has 0 saturated heterocycles. The predicted molar refractivity (Wildman–Crippen MR) is 87.3 cm³/mol. The second-order valence-corrected chi connectivity index (χ2v) is 7.42. The Kier molecular flexibility index (Phi) is 4.87. The van der Waals surface area contributed by atoms with Crippen LogP contribution < -0.4 is 0 Å². The fourth-order valence-electron chi connectivity index (χ4n) is 2.88. The van der Waals surface area contributed by atoms with Crippen LogP contribution in [0.3, 0.4) is 0 Å². The molecular weight excluding hydrogens is 244 g/mol. The summed E-state index contributed by atoms with van der Waals surface area (Å²) in [5.74, 6) is 0. The topological polar surface area (TPSA) is 6.48 Å². The van der Waals surface area contributed by atoms with Crippen molar-refractivity contribution >= 4 is 0 Å². The summed E-state index contributed by atoms with van der Waals surface area (Å²) in [7, 11) is 4.30. The maximum absolute atomic E-state index is 2.60. The Labute approximate surface area is 124 Å². The molecule has 0 saturated carbocycles. The summed E-state index contributed by atoms with van der Waals surface area (Å²) >= 11 is 0. The van der Waals surface area contributed by atoms with Crippen LogP contribution in [0.15, 0.2) is 18.2 Å². The van der Waals surface area contributed by atoms with Gasteiger partial charge in [-0.2, -0.15) is 0 Å². The normalized spacial score (nSPS) is 16.5. The molecule has 1 aliphatic heterocycles. The lowest BCUT2D eigenvalue weighted by atomic mass is 9.84. The van der Waals surface area contributed by atoms with Crippen molar-refractivity contribution in [1.29, 1.82) is 0 Å². The zero-order chi connectivity index (χ0) is 14.8. The van der Waals surface area contributed by atoms with Crippen molar-refractivity contribution in [3.63, 3.8) is 0 Å². The van der Waals surface area contributed by atoms with Gasteiger partial charge in [0.25, 0.3) is 0 Å². The Morgan fingerprint density at radius 1 is 1.15 bits per heavy atom. The second-order valence-electron chi connectivity index (χ2n) is 7.42. The average Bonchev–Trinajstić information content (AvgIpc) is 2.36. The molecule has 1 heterocycles. The highest BCUT2D eigenvalue weighted by Crippen LogP contribution is 2.27. The van der Waals surface area contributed by atoms with Crippen molar-refractivity contribution in [3.05, 3.63) is 34.9 Å². The number of hydrogen-bond donors (Lipinski definition) is 0. The third-order valence-corrected chi connectivity index (χ3v) is 4.24. The van der Waals surface area contributed by atoms with Gasteiger partial charge in [-0.15, -0.1) is 0 Å². The highest BCUT2D eigenvalue weighted by Gasteiger charge is 2.19. The lowest BCUT2D eigenvalue weighted by Gasteiger charge is -2.30. The molecule has 1 aliphatic rings. The summed E-state index contributed by atoms with van der Waals surface area (Å²) in [6, 6.07) is 7.11. The summed E-state index contributed by atoms with van der Waals surface area (Å²) in [4.78, 5) is 4.87. The van der Waals surface area contributed by atoms with Crippen LogP contribution in [0.25, 0.3) is 0 Å². The lowest BCUT2D eigenvalue weighted by molar-refractivity contribution is 0.238. The summed E-state index contributed by atoms with van der Waals surface area (Å²) < 4.78 is 0. The highest BCUT2D eigenvalue weighted by atomic mass is 15.1. The molecule has 0 fully saturated rings. The van der Waals surface area contributed by atoms with Crippen LogP contribution in [-0.2, 0) is 18.4 Å². The molecule has 0 aliphatic carbocycles. The third-order valence-electron chi connectivity index (χ3n) is 4.24. The number of nitrogens with zero attached hydrogens (tertiary/aromatic N) is 2. The molecule has 0 bridgehead atoms. The molecule has 2 rings (SSSR count). The van der Waals surface area contributed by atoms with Crippen molar-refractivity contribution in [3.8, 4) is 0 Å². The summed E-state index contributed by atoms with van der Waals surface area (Å²) in [6.07, 6.45) is 2.48. The summed E-state index contributed by atoms with van der Waals surface area (Å²) in [5.41, 5.74) is 4.84. The van der Waals surface area contributed by atoms with Gasteiger partial charge in [0.05, 0.1) is 0 Å². The molecule has 1 aromatic rings. The van der Waals surface area contributed by atoms with Gasteiger partial charge in [-0.25, -0.2) is 0 Å². The van der Waals surface area contributed by atoms with E-state index in [4.69, 9.17) is 0 Å². The number of benzene rings is 1. The molecular formula is C18H30N2. The maximum Gasteiger partial charge on any atom is 0.0236 e. The first kappa shape index (κ1) is 15.5. The fraction of sp³-hybridized carbons (Fsp3) is 0.667. The van der Waals surface area contributed by atoms with Gasteiger partial charge in [0.15, 0.2) is 0 Å². The number of fused-ring (bicyclic) bond motifs is 1. The molecule has 0 atom stereocenters. The molecule has 0 spiro atoms. The minimum Gasteiger partial charge on any atom is -0.309 e. The van der Waals surface area contributed by atoms with E-state index in [1.165, 1.54) is 43.6 Å². The second kappa shape index (κ2) is 6.28. The van der Waals surface area contributed by atoms with Crippen LogP contribution in [0.5, 0.6) is 0 Å². The van der Waals surface area contributed by atoms with Crippen molar-refractivity contribution < 1.29 is 0 Å². The van der Waals surface area contributed by atoms with Gasteiger partial charge < -0.3 is 4.90 Å². The summed E-state index contributed by atoms with van der Waals surface area (Å²) in [5, 5.41) is 0. The third kappa shape index (κ3) is 4.07. The van der Waals surface area contributed by atoms with Crippen molar-refractivity contribution in [2.75, 3.05) is 33.7 Å². The van der Waals surface area contributed by atoms with Gasteiger partial charge in [-0.05, 0) is 62.1 Å². The van der Waals surface area contributed by atoms with Crippen LogP contribution in [-0.4, -0.2) is 43.5 Å². The van der Waals surface area contributed by atoms with Crippen LogP contribution in [0.1, 0.15) is 43.9 Å². The Morgan fingerprint density at radius 3 is 2.55 bits per heavy atom. The Bertz CT molecular complexity index is 443. The molecule has 112 valence electrons. The smallest absolute Gasteiger partial charge is 0.0236 e. The van der Waals surface area contributed by atoms with Crippen LogP contribution >= 0.6 is 0 Å². The largest absolute Gasteiger partial charge is 0.309 e. The van der Waals surface area contributed by atoms with E-state index >= 15 is 0 Å². The Hall–Kier alpha value is -0.860. The zero-order valence-corrected chi connectivity index (χ0v) is 13.9. The highest BCUT2D eigenvalue weighted by molar-refractivity contribution is 5.36. The van der Waals surface area contributed by atoms with Gasteiger partial charge in [0, 0.05) is 13.1 Å². The lowest BCUT2D eigenvalue weighted by Crippen LogP contribution is -2.33. The first-order valence-electron chi connectivity index (χ1n) is 7.85. The first-order valence-corrected chi connectivity index (χ1v) is 7.85. The van der Waals surface area contributed by atoms with Crippen LogP contribution in [0.2, 0.25) is 0 Å². The summed E-state index contributed by atoms with van der Waals surface area (Å²) in [6.45, 7) is 11.6. The quantitative estimate of drug-likeness (QED) is 0.831. The SMILES string of the molecule is CN(C)CCCN1CCc2cc(C(C)(C)C)ccc2C1.